The number of carbonyl (C=O) groups excluding carboxylic acids is 2. The van der Waals surface area contributed by atoms with Crippen molar-refractivity contribution in [2.45, 2.75) is 26.3 Å². The van der Waals surface area contributed by atoms with E-state index in [9.17, 15) is 9.59 Å². The molecule has 162 valence electrons. The van der Waals surface area contributed by atoms with Crippen molar-refractivity contribution in [2.24, 2.45) is 0 Å². The zero-order chi connectivity index (χ0) is 22.3. The van der Waals surface area contributed by atoms with E-state index in [1.165, 1.54) is 0 Å². The van der Waals surface area contributed by atoms with Gasteiger partial charge in [0.1, 0.15) is 0 Å². The summed E-state index contributed by atoms with van der Waals surface area (Å²) in [5.41, 5.74) is 3.04. The molecule has 0 spiro atoms. The van der Waals surface area contributed by atoms with E-state index in [-0.39, 0.29) is 18.3 Å². The first-order chi connectivity index (χ1) is 15.7. The number of ketones is 1. The first kappa shape index (κ1) is 21.7. The molecule has 32 heavy (non-hydrogen) atoms. The predicted molar refractivity (Wildman–Crippen MR) is 129 cm³/mol. The van der Waals surface area contributed by atoms with Crippen molar-refractivity contribution in [1.29, 1.82) is 0 Å². The number of carbonyl (C=O) groups is 2. The van der Waals surface area contributed by atoms with Crippen LogP contribution < -0.4 is 5.32 Å². The van der Waals surface area contributed by atoms with Crippen molar-refractivity contribution in [3.8, 4) is 0 Å². The van der Waals surface area contributed by atoms with Crippen LogP contribution in [0.1, 0.15) is 34.8 Å². The van der Waals surface area contributed by atoms with E-state index in [1.807, 2.05) is 61.5 Å². The molecule has 4 heteroatoms. The Hall–Kier alpha value is -3.50. The molecule has 0 fully saturated rings. The molecular formula is C28H27NO3. The summed E-state index contributed by atoms with van der Waals surface area (Å²) in [5.74, 6) is -0.101. The van der Waals surface area contributed by atoms with Crippen LogP contribution in [0.25, 0.3) is 21.5 Å². The number of esters is 1. The molecule has 0 atom stereocenters. The molecule has 4 rings (SSSR count). The highest BCUT2D eigenvalue weighted by molar-refractivity contribution is 6.06. The SMILES string of the molecule is CCOC(=O)CCc1c2ccccc2c(CNCC(=O)c2ccccc2)c2ccccc12. The summed E-state index contributed by atoms with van der Waals surface area (Å²) < 4.78 is 5.14. The first-order valence-electron chi connectivity index (χ1n) is 11.0. The fourth-order valence-corrected chi connectivity index (χ4v) is 4.26. The number of fused-ring (bicyclic) bond motifs is 2. The third-order valence-electron chi connectivity index (χ3n) is 5.72. The maximum atomic E-state index is 12.5. The molecule has 0 bridgehead atoms. The second-order valence-electron chi connectivity index (χ2n) is 7.75. The minimum absolute atomic E-state index is 0.0743. The van der Waals surface area contributed by atoms with E-state index in [2.05, 4.69) is 29.6 Å². The topological polar surface area (TPSA) is 55.4 Å². The van der Waals surface area contributed by atoms with E-state index in [1.54, 1.807) is 0 Å². The Morgan fingerprint density at radius 1 is 0.750 bits per heavy atom. The quantitative estimate of drug-likeness (QED) is 0.220. The van der Waals surface area contributed by atoms with Crippen molar-refractivity contribution >= 4 is 33.3 Å². The Bertz CT molecular complexity index is 1190. The van der Waals surface area contributed by atoms with Gasteiger partial charge in [-0.1, -0.05) is 78.9 Å². The molecule has 0 aliphatic carbocycles. The van der Waals surface area contributed by atoms with Crippen molar-refractivity contribution in [3.63, 3.8) is 0 Å². The summed E-state index contributed by atoms with van der Waals surface area (Å²) in [6.07, 6.45) is 0.977. The van der Waals surface area contributed by atoms with Crippen LogP contribution in [0.15, 0.2) is 78.9 Å². The van der Waals surface area contributed by atoms with Gasteiger partial charge in [-0.15, -0.1) is 0 Å². The molecule has 0 aliphatic rings. The largest absolute Gasteiger partial charge is 0.466 e. The van der Waals surface area contributed by atoms with Gasteiger partial charge in [-0.25, -0.2) is 0 Å². The van der Waals surface area contributed by atoms with Crippen LogP contribution in [0, 0.1) is 0 Å². The lowest BCUT2D eigenvalue weighted by atomic mass is 9.89. The normalized spacial score (nSPS) is 11.0. The van der Waals surface area contributed by atoms with Crippen LogP contribution in [0.2, 0.25) is 0 Å². The van der Waals surface area contributed by atoms with Crippen molar-refractivity contribution in [1.82, 2.24) is 5.32 Å². The molecule has 0 amide bonds. The van der Waals surface area contributed by atoms with Gasteiger partial charge in [0.25, 0.3) is 0 Å². The van der Waals surface area contributed by atoms with E-state index < -0.39 is 0 Å². The van der Waals surface area contributed by atoms with E-state index >= 15 is 0 Å². The second kappa shape index (κ2) is 10.2. The van der Waals surface area contributed by atoms with Crippen LogP contribution in [0.4, 0.5) is 0 Å². The van der Waals surface area contributed by atoms with Crippen molar-refractivity contribution < 1.29 is 14.3 Å². The number of Topliss-reactive ketones (excluding diaryl/α,β-unsaturated/α-hetero) is 1. The van der Waals surface area contributed by atoms with Gasteiger partial charge in [0.15, 0.2) is 5.78 Å². The van der Waals surface area contributed by atoms with E-state index in [0.29, 0.717) is 31.6 Å². The standard InChI is InChI=1S/C28H27NO3/c1-2-32-28(31)17-16-25-21-12-6-8-14-23(21)26(24-15-9-7-13-22(24)25)18-29-19-27(30)20-10-4-3-5-11-20/h3-15,29H,2,16-19H2,1H3. The maximum Gasteiger partial charge on any atom is 0.306 e. The fraction of sp³-hybridized carbons (Fsp3) is 0.214. The van der Waals surface area contributed by atoms with Crippen LogP contribution in [0.5, 0.6) is 0 Å². The number of hydrogen-bond acceptors (Lipinski definition) is 4. The lowest BCUT2D eigenvalue weighted by Crippen LogP contribution is -2.23. The zero-order valence-corrected chi connectivity index (χ0v) is 18.3. The number of benzene rings is 4. The molecule has 0 radical (unpaired) electrons. The minimum Gasteiger partial charge on any atom is -0.466 e. The Morgan fingerprint density at radius 3 is 1.84 bits per heavy atom. The summed E-state index contributed by atoms with van der Waals surface area (Å²) >= 11 is 0. The van der Waals surface area contributed by atoms with Gasteiger partial charge in [0, 0.05) is 18.5 Å². The third-order valence-corrected chi connectivity index (χ3v) is 5.72. The summed E-state index contributed by atoms with van der Waals surface area (Å²) in [6, 6.07) is 25.9. The van der Waals surface area contributed by atoms with E-state index in [0.717, 1.165) is 32.7 Å². The average molecular weight is 426 g/mol. The first-order valence-corrected chi connectivity index (χ1v) is 11.0. The minimum atomic E-state index is -0.175. The number of nitrogens with one attached hydrogen (secondary N) is 1. The third kappa shape index (κ3) is 4.71. The number of ether oxygens (including phenoxy) is 1. The summed E-state index contributed by atoms with van der Waals surface area (Å²) in [5, 5.41) is 7.91. The zero-order valence-electron chi connectivity index (χ0n) is 18.3. The van der Waals surface area contributed by atoms with Crippen LogP contribution >= 0.6 is 0 Å². The molecule has 0 saturated carbocycles. The highest BCUT2D eigenvalue weighted by Gasteiger charge is 2.15. The summed E-state index contributed by atoms with van der Waals surface area (Å²) in [6.45, 7) is 3.08. The Balaban J connectivity index is 1.66. The second-order valence-corrected chi connectivity index (χ2v) is 7.75. The lowest BCUT2D eigenvalue weighted by molar-refractivity contribution is -0.143. The van der Waals surface area contributed by atoms with Gasteiger partial charge in [0.2, 0.25) is 0 Å². The van der Waals surface area contributed by atoms with Crippen LogP contribution in [0.3, 0.4) is 0 Å². The Morgan fingerprint density at radius 2 is 1.28 bits per heavy atom. The highest BCUT2D eigenvalue weighted by atomic mass is 16.5. The molecule has 1 N–H and O–H groups in total. The maximum absolute atomic E-state index is 12.5. The molecule has 4 aromatic carbocycles. The number of aryl methyl sites for hydroxylation is 1. The summed E-state index contributed by atoms with van der Waals surface area (Å²) in [7, 11) is 0. The van der Waals surface area contributed by atoms with Gasteiger partial charge < -0.3 is 10.1 Å². The monoisotopic (exact) mass is 425 g/mol. The molecule has 0 heterocycles. The Kier molecular flexibility index (Phi) is 6.93. The van der Waals surface area contributed by atoms with Crippen molar-refractivity contribution in [3.05, 3.63) is 95.6 Å². The predicted octanol–water partition coefficient (Wildman–Crippen LogP) is 5.46. The van der Waals surface area contributed by atoms with Gasteiger partial charge in [-0.05, 0) is 46.0 Å². The van der Waals surface area contributed by atoms with Gasteiger partial charge >= 0.3 is 5.97 Å². The van der Waals surface area contributed by atoms with Crippen molar-refractivity contribution in [2.75, 3.05) is 13.2 Å². The summed E-state index contributed by atoms with van der Waals surface area (Å²) in [4.78, 5) is 24.5. The van der Waals surface area contributed by atoms with Crippen LogP contribution in [-0.2, 0) is 22.5 Å². The molecule has 4 aromatic rings. The molecular weight excluding hydrogens is 398 g/mol. The fourth-order valence-electron chi connectivity index (χ4n) is 4.26. The Labute approximate surface area is 188 Å². The molecule has 0 aliphatic heterocycles. The lowest BCUT2D eigenvalue weighted by Gasteiger charge is -2.17. The molecule has 0 unspecified atom stereocenters. The highest BCUT2D eigenvalue weighted by Crippen LogP contribution is 2.33. The van der Waals surface area contributed by atoms with Gasteiger partial charge in [0.05, 0.1) is 13.2 Å². The average Bonchev–Trinajstić information content (AvgIpc) is 2.83. The van der Waals surface area contributed by atoms with Gasteiger partial charge in [-0.2, -0.15) is 0 Å². The molecule has 4 nitrogen and oxygen atoms in total. The molecule has 0 saturated heterocycles. The number of rotatable bonds is 9. The number of hydrogen-bond donors (Lipinski definition) is 1. The van der Waals surface area contributed by atoms with E-state index in [4.69, 9.17) is 4.74 Å². The molecule has 0 aromatic heterocycles. The van der Waals surface area contributed by atoms with Gasteiger partial charge in [-0.3, -0.25) is 9.59 Å². The van der Waals surface area contributed by atoms with Crippen LogP contribution in [-0.4, -0.2) is 24.9 Å². The smallest absolute Gasteiger partial charge is 0.306 e.